The monoisotopic (exact) mass is 314 g/mol. The molecule has 0 spiro atoms. The Morgan fingerprint density at radius 2 is 1.96 bits per heavy atom. The first-order valence-corrected chi connectivity index (χ1v) is 7.75. The molecule has 0 bridgehead atoms. The number of hydrogen-bond acceptors (Lipinski definition) is 6. The molecule has 2 aliphatic rings. The molecule has 0 atom stereocenters. The molecule has 0 N–H and O–H groups in total. The number of morpholine rings is 1. The maximum Gasteiger partial charge on any atom is 0.229 e. The van der Waals surface area contributed by atoms with Crippen LogP contribution < -0.4 is 4.90 Å². The summed E-state index contributed by atoms with van der Waals surface area (Å²) in [5.74, 6) is 1.83. The Bertz CT molecular complexity index is 677. The molecule has 0 unspecified atom stereocenters. The lowest BCUT2D eigenvalue weighted by Gasteiger charge is -2.42. The van der Waals surface area contributed by atoms with E-state index in [1.807, 2.05) is 23.2 Å². The number of carbonyl (C=O) groups is 1. The molecule has 2 fully saturated rings. The Kier molecular flexibility index (Phi) is 3.66. The normalized spacial score (nSPS) is 18.8. The number of ether oxygens (including phenoxy) is 1. The van der Waals surface area contributed by atoms with E-state index < -0.39 is 0 Å². The van der Waals surface area contributed by atoms with Crippen LogP contribution in [0.15, 0.2) is 30.9 Å². The van der Waals surface area contributed by atoms with Crippen LogP contribution in [-0.4, -0.2) is 69.9 Å². The van der Waals surface area contributed by atoms with E-state index in [1.165, 1.54) is 6.33 Å². The van der Waals surface area contributed by atoms with E-state index >= 15 is 0 Å². The van der Waals surface area contributed by atoms with Gasteiger partial charge in [-0.05, 0) is 6.07 Å². The van der Waals surface area contributed by atoms with Crippen LogP contribution in [0.25, 0.3) is 5.82 Å². The number of amides is 1. The van der Waals surface area contributed by atoms with Crippen molar-refractivity contribution in [3.05, 3.63) is 30.9 Å². The molecule has 4 heterocycles. The second kappa shape index (κ2) is 5.96. The average Bonchev–Trinajstić information content (AvgIpc) is 3.09. The molecule has 4 rings (SSSR count). The van der Waals surface area contributed by atoms with Gasteiger partial charge in [-0.25, -0.2) is 14.6 Å². The van der Waals surface area contributed by atoms with Crippen LogP contribution in [0, 0.1) is 5.92 Å². The third-order valence-electron chi connectivity index (χ3n) is 4.25. The van der Waals surface area contributed by atoms with E-state index in [1.54, 1.807) is 10.9 Å². The van der Waals surface area contributed by atoms with Gasteiger partial charge < -0.3 is 14.5 Å². The van der Waals surface area contributed by atoms with Crippen LogP contribution in [0.5, 0.6) is 0 Å². The van der Waals surface area contributed by atoms with Crippen molar-refractivity contribution < 1.29 is 9.53 Å². The molecule has 0 aromatic carbocycles. The molecule has 0 radical (unpaired) electrons. The first-order chi connectivity index (χ1) is 11.3. The van der Waals surface area contributed by atoms with Gasteiger partial charge in [0.2, 0.25) is 5.91 Å². The molecule has 1 amide bonds. The summed E-state index contributed by atoms with van der Waals surface area (Å²) in [4.78, 5) is 24.9. The van der Waals surface area contributed by atoms with Gasteiger partial charge in [-0.1, -0.05) is 0 Å². The predicted molar refractivity (Wildman–Crippen MR) is 82.3 cm³/mol. The zero-order valence-corrected chi connectivity index (χ0v) is 12.7. The van der Waals surface area contributed by atoms with Crippen molar-refractivity contribution in [1.29, 1.82) is 0 Å². The number of nitrogens with zero attached hydrogens (tertiary/aromatic N) is 6. The van der Waals surface area contributed by atoms with E-state index in [4.69, 9.17) is 4.74 Å². The minimum atomic E-state index is 0.0521. The lowest BCUT2D eigenvalue weighted by atomic mass is 9.98. The van der Waals surface area contributed by atoms with Crippen molar-refractivity contribution in [3.8, 4) is 5.82 Å². The molecule has 120 valence electrons. The van der Waals surface area contributed by atoms with Crippen LogP contribution in [0.1, 0.15) is 0 Å². The van der Waals surface area contributed by atoms with Crippen molar-refractivity contribution >= 4 is 11.7 Å². The molecule has 2 aromatic rings. The molecule has 2 aromatic heterocycles. The third kappa shape index (κ3) is 2.77. The summed E-state index contributed by atoms with van der Waals surface area (Å²) in [5, 5.41) is 4.17. The SMILES string of the molecule is O=C(C1CN(c2cc(-n3cccn3)ncn2)C1)N1CCOCC1. The van der Waals surface area contributed by atoms with E-state index in [2.05, 4.69) is 20.0 Å². The first-order valence-electron chi connectivity index (χ1n) is 7.75. The summed E-state index contributed by atoms with van der Waals surface area (Å²) in [6.45, 7) is 4.08. The zero-order chi connectivity index (χ0) is 15.6. The first kappa shape index (κ1) is 14.1. The molecule has 2 saturated heterocycles. The van der Waals surface area contributed by atoms with Crippen LogP contribution in [0.2, 0.25) is 0 Å². The smallest absolute Gasteiger partial charge is 0.229 e. The van der Waals surface area contributed by atoms with Gasteiger partial charge in [0.15, 0.2) is 5.82 Å². The molecular formula is C15H18N6O2. The number of aromatic nitrogens is 4. The zero-order valence-electron chi connectivity index (χ0n) is 12.7. The van der Waals surface area contributed by atoms with Crippen LogP contribution >= 0.6 is 0 Å². The lowest BCUT2D eigenvalue weighted by Crippen LogP contribution is -2.56. The van der Waals surface area contributed by atoms with Crippen molar-refractivity contribution in [2.75, 3.05) is 44.3 Å². The highest BCUT2D eigenvalue weighted by Gasteiger charge is 2.36. The summed E-state index contributed by atoms with van der Waals surface area (Å²) in [5.41, 5.74) is 0. The molecule has 8 heteroatoms. The van der Waals surface area contributed by atoms with Crippen LogP contribution in [0.4, 0.5) is 5.82 Å². The number of rotatable bonds is 3. The Morgan fingerprint density at radius 1 is 1.17 bits per heavy atom. The Hall–Kier alpha value is -2.48. The van der Waals surface area contributed by atoms with E-state index in [0.717, 1.165) is 11.6 Å². The van der Waals surface area contributed by atoms with E-state index in [0.29, 0.717) is 39.4 Å². The maximum absolute atomic E-state index is 12.4. The van der Waals surface area contributed by atoms with Crippen molar-refractivity contribution in [2.45, 2.75) is 0 Å². The fourth-order valence-corrected chi connectivity index (χ4v) is 2.90. The molecule has 8 nitrogen and oxygen atoms in total. The van der Waals surface area contributed by atoms with Crippen molar-refractivity contribution in [2.24, 2.45) is 5.92 Å². The third-order valence-corrected chi connectivity index (χ3v) is 4.25. The highest BCUT2D eigenvalue weighted by atomic mass is 16.5. The minimum Gasteiger partial charge on any atom is -0.378 e. The quantitative estimate of drug-likeness (QED) is 0.791. The lowest BCUT2D eigenvalue weighted by molar-refractivity contribution is -0.140. The highest BCUT2D eigenvalue weighted by Crippen LogP contribution is 2.25. The Labute approximate surface area is 133 Å². The maximum atomic E-state index is 12.4. The van der Waals surface area contributed by atoms with Gasteiger partial charge in [0.1, 0.15) is 12.1 Å². The van der Waals surface area contributed by atoms with Gasteiger partial charge in [-0.2, -0.15) is 5.10 Å². The average molecular weight is 314 g/mol. The Balaban J connectivity index is 1.40. The summed E-state index contributed by atoms with van der Waals surface area (Å²) >= 11 is 0. The summed E-state index contributed by atoms with van der Waals surface area (Å²) in [6, 6.07) is 3.74. The standard InChI is InChI=1S/C15H18N6O2/c22-15(19-4-6-23-7-5-19)12-9-20(10-12)13-8-14(17-11-16-13)21-3-1-2-18-21/h1-3,8,11-12H,4-7,9-10H2. The van der Waals surface area contributed by atoms with Gasteiger partial charge in [-0.15, -0.1) is 0 Å². The van der Waals surface area contributed by atoms with Gasteiger partial charge in [-0.3, -0.25) is 4.79 Å². The number of hydrogen-bond donors (Lipinski definition) is 0. The summed E-state index contributed by atoms with van der Waals surface area (Å²) in [7, 11) is 0. The summed E-state index contributed by atoms with van der Waals surface area (Å²) < 4.78 is 6.99. The molecule has 23 heavy (non-hydrogen) atoms. The largest absolute Gasteiger partial charge is 0.378 e. The Morgan fingerprint density at radius 3 is 2.70 bits per heavy atom. The fraction of sp³-hybridized carbons (Fsp3) is 0.467. The van der Waals surface area contributed by atoms with Gasteiger partial charge in [0.05, 0.1) is 19.1 Å². The van der Waals surface area contributed by atoms with E-state index in [-0.39, 0.29) is 11.8 Å². The van der Waals surface area contributed by atoms with Crippen molar-refractivity contribution in [1.82, 2.24) is 24.6 Å². The predicted octanol–water partition coefficient (Wildman–Crippen LogP) is -0.0427. The van der Waals surface area contributed by atoms with Gasteiger partial charge in [0.25, 0.3) is 0 Å². The number of carbonyl (C=O) groups excluding carboxylic acids is 1. The van der Waals surface area contributed by atoms with Crippen LogP contribution in [0.3, 0.4) is 0 Å². The fourth-order valence-electron chi connectivity index (χ4n) is 2.90. The summed E-state index contributed by atoms with van der Waals surface area (Å²) in [6.07, 6.45) is 5.08. The molecule has 2 aliphatic heterocycles. The molecule has 0 aliphatic carbocycles. The molecular weight excluding hydrogens is 296 g/mol. The minimum absolute atomic E-state index is 0.0521. The second-order valence-corrected chi connectivity index (χ2v) is 5.72. The highest BCUT2D eigenvalue weighted by molar-refractivity contribution is 5.82. The van der Waals surface area contributed by atoms with Crippen molar-refractivity contribution in [3.63, 3.8) is 0 Å². The second-order valence-electron chi connectivity index (χ2n) is 5.72. The molecule has 0 saturated carbocycles. The number of anilines is 1. The van der Waals surface area contributed by atoms with E-state index in [9.17, 15) is 4.79 Å². The van der Waals surface area contributed by atoms with Gasteiger partial charge in [0, 0.05) is 44.6 Å². The van der Waals surface area contributed by atoms with Gasteiger partial charge >= 0.3 is 0 Å². The van der Waals surface area contributed by atoms with Crippen LogP contribution in [-0.2, 0) is 9.53 Å². The topological polar surface area (TPSA) is 76.4 Å².